The molecule has 0 radical (unpaired) electrons. The zero-order valence-corrected chi connectivity index (χ0v) is 19.7. The van der Waals surface area contributed by atoms with Crippen LogP contribution in [0.25, 0.3) is 16.8 Å². The summed E-state index contributed by atoms with van der Waals surface area (Å²) in [6, 6.07) is 14.4. The number of nitrogens with one attached hydrogen (secondary N) is 1. The summed E-state index contributed by atoms with van der Waals surface area (Å²) in [5, 5.41) is 14.7. The molecule has 1 saturated heterocycles. The second-order valence-corrected chi connectivity index (χ2v) is 8.92. The number of morpholine rings is 1. The molecular formula is C25H32N6O2. The Morgan fingerprint density at radius 2 is 2.00 bits per heavy atom. The number of aromatic nitrogens is 4. The van der Waals surface area contributed by atoms with E-state index in [0.717, 1.165) is 42.9 Å². The van der Waals surface area contributed by atoms with E-state index < -0.39 is 0 Å². The van der Waals surface area contributed by atoms with Crippen molar-refractivity contribution < 1.29 is 9.53 Å². The summed E-state index contributed by atoms with van der Waals surface area (Å²) in [4.78, 5) is 15.7. The molecule has 8 nitrogen and oxygen atoms in total. The van der Waals surface area contributed by atoms with Crippen LogP contribution in [-0.4, -0.2) is 68.9 Å². The zero-order chi connectivity index (χ0) is 23.4. The van der Waals surface area contributed by atoms with E-state index in [1.807, 2.05) is 18.2 Å². The molecule has 0 saturated carbocycles. The molecule has 174 valence electrons. The van der Waals surface area contributed by atoms with E-state index in [0.29, 0.717) is 11.6 Å². The van der Waals surface area contributed by atoms with Crippen LogP contribution in [0.1, 0.15) is 43.1 Å². The van der Waals surface area contributed by atoms with Crippen molar-refractivity contribution in [2.75, 3.05) is 19.7 Å². The highest BCUT2D eigenvalue weighted by Gasteiger charge is 2.27. The Labute approximate surface area is 194 Å². The SMILES string of the molecule is CC[C@H]1CO[C@@H](C)CN1C[C@@H](C)NC(=O)c1cc(-c2ccc(C)cc2)cc(-n2cnnn2)c1. The Balaban J connectivity index is 1.55. The third-order valence-corrected chi connectivity index (χ3v) is 6.12. The smallest absolute Gasteiger partial charge is 0.251 e. The molecular weight excluding hydrogens is 416 g/mol. The number of ether oxygens (including phenoxy) is 1. The topological polar surface area (TPSA) is 85.2 Å². The van der Waals surface area contributed by atoms with Gasteiger partial charge >= 0.3 is 0 Å². The normalized spacial score (nSPS) is 19.9. The summed E-state index contributed by atoms with van der Waals surface area (Å²) >= 11 is 0. The minimum absolute atomic E-state index is 0.00336. The zero-order valence-electron chi connectivity index (χ0n) is 19.7. The number of carbonyl (C=O) groups is 1. The fourth-order valence-corrected chi connectivity index (χ4v) is 4.28. The standard InChI is InChI=1S/C25H32N6O2/c1-5-23-15-33-19(4)14-30(23)13-18(3)27-25(32)22-10-21(20-8-6-17(2)7-9-20)11-24(12-22)31-16-26-28-29-31/h6-12,16,18-19,23H,5,13-15H2,1-4H3,(H,27,32)/t18-,19+,23+/m1/s1. The lowest BCUT2D eigenvalue weighted by molar-refractivity contribution is -0.0576. The Morgan fingerprint density at radius 3 is 2.70 bits per heavy atom. The molecule has 1 aliphatic rings. The Hall–Kier alpha value is -3.10. The average molecular weight is 449 g/mol. The van der Waals surface area contributed by atoms with Gasteiger partial charge in [0.15, 0.2) is 0 Å². The van der Waals surface area contributed by atoms with Crippen LogP contribution in [0.2, 0.25) is 0 Å². The molecule has 1 aliphatic heterocycles. The van der Waals surface area contributed by atoms with Gasteiger partial charge in [0.1, 0.15) is 6.33 Å². The summed E-state index contributed by atoms with van der Waals surface area (Å²) in [6.45, 7) is 10.8. The van der Waals surface area contributed by atoms with Crippen LogP contribution in [0.3, 0.4) is 0 Å². The summed E-state index contributed by atoms with van der Waals surface area (Å²) in [5.74, 6) is -0.111. The first-order valence-corrected chi connectivity index (χ1v) is 11.5. The van der Waals surface area contributed by atoms with Gasteiger partial charge in [0.25, 0.3) is 5.91 Å². The van der Waals surface area contributed by atoms with Gasteiger partial charge in [-0.3, -0.25) is 9.69 Å². The molecule has 0 aliphatic carbocycles. The van der Waals surface area contributed by atoms with Gasteiger partial charge in [-0.05, 0) is 66.9 Å². The Kier molecular flexibility index (Phi) is 7.15. The lowest BCUT2D eigenvalue weighted by Crippen LogP contribution is -2.53. The second kappa shape index (κ2) is 10.2. The molecule has 0 spiro atoms. The van der Waals surface area contributed by atoms with Crippen LogP contribution in [-0.2, 0) is 4.74 Å². The third kappa shape index (κ3) is 5.64. The molecule has 8 heteroatoms. The lowest BCUT2D eigenvalue weighted by Gasteiger charge is -2.39. The maximum Gasteiger partial charge on any atom is 0.251 e. The van der Waals surface area contributed by atoms with Crippen molar-refractivity contribution in [3.63, 3.8) is 0 Å². The average Bonchev–Trinajstić information content (AvgIpc) is 3.34. The van der Waals surface area contributed by atoms with Crippen LogP contribution >= 0.6 is 0 Å². The van der Waals surface area contributed by atoms with E-state index >= 15 is 0 Å². The quantitative estimate of drug-likeness (QED) is 0.597. The van der Waals surface area contributed by atoms with Crippen LogP contribution in [0, 0.1) is 6.92 Å². The fourth-order valence-electron chi connectivity index (χ4n) is 4.28. The summed E-state index contributed by atoms with van der Waals surface area (Å²) < 4.78 is 7.38. The number of carbonyl (C=O) groups excluding carboxylic acids is 1. The summed E-state index contributed by atoms with van der Waals surface area (Å²) in [7, 11) is 0. The predicted octanol–water partition coefficient (Wildman–Crippen LogP) is 3.26. The fraction of sp³-hybridized carbons (Fsp3) is 0.440. The minimum Gasteiger partial charge on any atom is -0.376 e. The van der Waals surface area contributed by atoms with Crippen LogP contribution in [0.5, 0.6) is 0 Å². The summed E-state index contributed by atoms with van der Waals surface area (Å²) in [6.07, 6.45) is 2.77. The number of aryl methyl sites for hydroxylation is 1. The van der Waals surface area contributed by atoms with Crippen molar-refractivity contribution in [2.45, 2.75) is 52.3 Å². The Bertz CT molecular complexity index is 1070. The van der Waals surface area contributed by atoms with Gasteiger partial charge in [0.2, 0.25) is 0 Å². The van der Waals surface area contributed by atoms with Gasteiger partial charge in [0, 0.05) is 30.7 Å². The number of hydrogen-bond acceptors (Lipinski definition) is 6. The van der Waals surface area contributed by atoms with Crippen molar-refractivity contribution in [2.24, 2.45) is 0 Å². The largest absolute Gasteiger partial charge is 0.376 e. The van der Waals surface area contributed by atoms with E-state index in [4.69, 9.17) is 4.74 Å². The lowest BCUT2D eigenvalue weighted by atomic mass is 10.0. The molecule has 1 aromatic heterocycles. The van der Waals surface area contributed by atoms with Gasteiger partial charge in [-0.1, -0.05) is 36.8 Å². The highest BCUT2D eigenvalue weighted by molar-refractivity contribution is 5.96. The second-order valence-electron chi connectivity index (χ2n) is 8.92. The summed E-state index contributed by atoms with van der Waals surface area (Å²) in [5.41, 5.74) is 4.47. The molecule has 1 fully saturated rings. The molecule has 2 heterocycles. The van der Waals surface area contributed by atoms with Crippen molar-refractivity contribution in [1.82, 2.24) is 30.4 Å². The molecule has 0 bridgehead atoms. The van der Waals surface area contributed by atoms with Crippen molar-refractivity contribution >= 4 is 5.91 Å². The maximum atomic E-state index is 13.3. The van der Waals surface area contributed by atoms with E-state index in [9.17, 15) is 4.79 Å². The highest BCUT2D eigenvalue weighted by Crippen LogP contribution is 2.25. The molecule has 3 aromatic rings. The predicted molar refractivity (Wildman–Crippen MR) is 127 cm³/mol. The highest BCUT2D eigenvalue weighted by atomic mass is 16.5. The number of benzene rings is 2. The first kappa shape index (κ1) is 23.1. The minimum atomic E-state index is -0.111. The Morgan fingerprint density at radius 1 is 1.21 bits per heavy atom. The molecule has 1 N–H and O–H groups in total. The molecule has 2 aromatic carbocycles. The number of hydrogen-bond donors (Lipinski definition) is 1. The van der Waals surface area contributed by atoms with Gasteiger partial charge in [-0.2, -0.15) is 0 Å². The number of nitrogens with zero attached hydrogens (tertiary/aromatic N) is 5. The van der Waals surface area contributed by atoms with Crippen molar-refractivity contribution in [1.29, 1.82) is 0 Å². The monoisotopic (exact) mass is 448 g/mol. The van der Waals surface area contributed by atoms with Crippen LogP contribution in [0.4, 0.5) is 0 Å². The molecule has 3 atom stereocenters. The number of amides is 1. The number of rotatable bonds is 7. The first-order valence-electron chi connectivity index (χ1n) is 11.5. The molecule has 4 rings (SSSR count). The van der Waals surface area contributed by atoms with E-state index in [1.165, 1.54) is 11.9 Å². The van der Waals surface area contributed by atoms with Crippen LogP contribution < -0.4 is 5.32 Å². The number of tetrazole rings is 1. The van der Waals surface area contributed by atoms with Gasteiger partial charge < -0.3 is 10.1 Å². The van der Waals surface area contributed by atoms with Gasteiger partial charge in [0.05, 0.1) is 18.4 Å². The van der Waals surface area contributed by atoms with Crippen LogP contribution in [0.15, 0.2) is 48.8 Å². The van der Waals surface area contributed by atoms with E-state index in [1.54, 1.807) is 4.68 Å². The molecule has 33 heavy (non-hydrogen) atoms. The third-order valence-electron chi connectivity index (χ3n) is 6.12. The van der Waals surface area contributed by atoms with Crippen molar-refractivity contribution in [3.05, 3.63) is 59.9 Å². The van der Waals surface area contributed by atoms with Gasteiger partial charge in [-0.25, -0.2) is 4.68 Å². The maximum absolute atomic E-state index is 13.3. The molecule has 1 amide bonds. The first-order chi connectivity index (χ1) is 15.9. The molecule has 0 unspecified atom stereocenters. The van der Waals surface area contributed by atoms with E-state index in [-0.39, 0.29) is 18.1 Å². The van der Waals surface area contributed by atoms with E-state index in [2.05, 4.69) is 77.7 Å². The van der Waals surface area contributed by atoms with Crippen molar-refractivity contribution in [3.8, 4) is 16.8 Å². The van der Waals surface area contributed by atoms with Gasteiger partial charge in [-0.15, -0.1) is 5.10 Å².